The van der Waals surface area contributed by atoms with E-state index in [-0.39, 0.29) is 0 Å². The zero-order valence-corrected chi connectivity index (χ0v) is 9.37. The molecule has 0 radical (unpaired) electrons. The summed E-state index contributed by atoms with van der Waals surface area (Å²) < 4.78 is 5.26. The normalized spacial score (nSPS) is 17.8. The Bertz CT molecular complexity index is 405. The molecule has 1 aromatic rings. The summed E-state index contributed by atoms with van der Waals surface area (Å²) in [4.78, 5) is 17.0. The molecule has 1 aliphatic rings. The highest BCUT2D eigenvalue weighted by Crippen LogP contribution is 2.25. The monoisotopic (exact) mass is 237 g/mol. The van der Waals surface area contributed by atoms with Crippen molar-refractivity contribution in [2.45, 2.75) is 6.04 Å². The van der Waals surface area contributed by atoms with Crippen molar-refractivity contribution in [3.05, 3.63) is 24.0 Å². The molecule has 1 unspecified atom stereocenters. The maximum atomic E-state index is 10.9. The molecule has 1 saturated heterocycles. The summed E-state index contributed by atoms with van der Waals surface area (Å²) in [7, 11) is 0. The van der Waals surface area contributed by atoms with Crippen LogP contribution in [0.5, 0.6) is 0 Å². The molecular weight excluding hydrogens is 222 g/mol. The van der Waals surface area contributed by atoms with Gasteiger partial charge in [-0.1, -0.05) is 0 Å². The van der Waals surface area contributed by atoms with Gasteiger partial charge in [0.2, 0.25) is 0 Å². The van der Waals surface area contributed by atoms with E-state index in [0.717, 1.165) is 18.8 Å². The molecule has 0 bridgehead atoms. The number of hydrogen-bond donors (Lipinski definition) is 2. The molecule has 0 aliphatic carbocycles. The van der Waals surface area contributed by atoms with E-state index < -0.39 is 12.0 Å². The van der Waals surface area contributed by atoms with Gasteiger partial charge in [0.25, 0.3) is 0 Å². The summed E-state index contributed by atoms with van der Waals surface area (Å²) in [6.07, 6.45) is 3.16. The van der Waals surface area contributed by atoms with E-state index in [0.29, 0.717) is 18.8 Å². The third-order valence-electron chi connectivity index (χ3n) is 2.78. The third kappa shape index (κ3) is 2.54. The summed E-state index contributed by atoms with van der Waals surface area (Å²) in [6, 6.07) is 0.755. The van der Waals surface area contributed by atoms with Crippen LogP contribution in [0.2, 0.25) is 0 Å². The first-order valence-corrected chi connectivity index (χ1v) is 5.45. The summed E-state index contributed by atoms with van der Waals surface area (Å²) in [5, 5.41) is 8.96. The Morgan fingerprint density at radius 2 is 2.24 bits per heavy atom. The van der Waals surface area contributed by atoms with Gasteiger partial charge >= 0.3 is 5.97 Å². The van der Waals surface area contributed by atoms with Crippen molar-refractivity contribution in [2.24, 2.45) is 5.73 Å². The number of morpholine rings is 1. The van der Waals surface area contributed by atoms with Crippen LogP contribution >= 0.6 is 0 Å². The topological polar surface area (TPSA) is 88.7 Å². The molecule has 1 aliphatic heterocycles. The molecule has 6 nitrogen and oxygen atoms in total. The molecule has 1 aromatic heterocycles. The molecule has 3 N–H and O–H groups in total. The second-order valence-corrected chi connectivity index (χ2v) is 3.85. The minimum absolute atomic E-state index is 0.543. The highest BCUT2D eigenvalue weighted by Gasteiger charge is 2.22. The molecule has 2 heterocycles. The third-order valence-corrected chi connectivity index (χ3v) is 2.78. The van der Waals surface area contributed by atoms with E-state index in [1.807, 2.05) is 0 Å². The molecule has 0 spiro atoms. The molecule has 0 saturated carbocycles. The summed E-state index contributed by atoms with van der Waals surface area (Å²) in [6.45, 7) is 2.76. The average Bonchev–Trinajstić information content (AvgIpc) is 2.39. The van der Waals surface area contributed by atoms with Crippen molar-refractivity contribution in [2.75, 3.05) is 31.2 Å². The number of hydrogen-bond acceptors (Lipinski definition) is 5. The molecular formula is C11H15N3O3. The fraction of sp³-hybridized carbons (Fsp3) is 0.455. The van der Waals surface area contributed by atoms with Gasteiger partial charge in [0.1, 0.15) is 6.04 Å². The summed E-state index contributed by atoms with van der Waals surface area (Å²) in [5.74, 6) is -1.05. The van der Waals surface area contributed by atoms with Crippen LogP contribution in [0.4, 0.5) is 5.69 Å². The maximum absolute atomic E-state index is 10.9. The van der Waals surface area contributed by atoms with Gasteiger partial charge in [0, 0.05) is 36.7 Å². The van der Waals surface area contributed by atoms with E-state index >= 15 is 0 Å². The predicted octanol–water partition coefficient (Wildman–Crippen LogP) is 0.00260. The smallest absolute Gasteiger partial charge is 0.325 e. The van der Waals surface area contributed by atoms with Gasteiger partial charge in [0.05, 0.1) is 13.2 Å². The first-order valence-electron chi connectivity index (χ1n) is 5.45. The molecule has 1 fully saturated rings. The number of carboxylic acid groups (broad SMARTS) is 1. The van der Waals surface area contributed by atoms with Crippen LogP contribution < -0.4 is 10.6 Å². The Hall–Kier alpha value is -1.66. The van der Waals surface area contributed by atoms with E-state index in [1.165, 1.54) is 6.20 Å². The number of carboxylic acids is 1. The second kappa shape index (κ2) is 5.11. The van der Waals surface area contributed by atoms with E-state index in [4.69, 9.17) is 15.6 Å². The zero-order valence-electron chi connectivity index (χ0n) is 9.37. The Kier molecular flexibility index (Phi) is 3.55. The van der Waals surface area contributed by atoms with Gasteiger partial charge in [0.15, 0.2) is 0 Å². The maximum Gasteiger partial charge on any atom is 0.325 e. The van der Waals surface area contributed by atoms with Gasteiger partial charge in [-0.15, -0.1) is 0 Å². The zero-order chi connectivity index (χ0) is 12.3. The highest BCUT2D eigenvalue weighted by molar-refractivity contribution is 5.78. The van der Waals surface area contributed by atoms with Crippen LogP contribution in [0, 0.1) is 0 Å². The average molecular weight is 237 g/mol. The van der Waals surface area contributed by atoms with Crippen molar-refractivity contribution in [1.82, 2.24) is 4.98 Å². The van der Waals surface area contributed by atoms with Crippen LogP contribution in [0.15, 0.2) is 18.5 Å². The molecule has 92 valence electrons. The number of carbonyl (C=O) groups is 1. The Labute approximate surface area is 99.0 Å². The SMILES string of the molecule is NC(C(=O)O)c1cnccc1N1CCOCC1. The molecule has 0 amide bonds. The Morgan fingerprint density at radius 1 is 1.53 bits per heavy atom. The molecule has 0 aromatic carbocycles. The van der Waals surface area contributed by atoms with Crippen molar-refractivity contribution in [3.8, 4) is 0 Å². The van der Waals surface area contributed by atoms with Gasteiger partial charge in [-0.05, 0) is 6.07 Å². The Balaban J connectivity index is 2.29. The van der Waals surface area contributed by atoms with Gasteiger partial charge in [-0.25, -0.2) is 0 Å². The lowest BCUT2D eigenvalue weighted by molar-refractivity contribution is -0.138. The van der Waals surface area contributed by atoms with E-state index in [9.17, 15) is 4.79 Å². The number of ether oxygens (including phenoxy) is 1. The first-order chi connectivity index (χ1) is 8.20. The second-order valence-electron chi connectivity index (χ2n) is 3.85. The van der Waals surface area contributed by atoms with Crippen LogP contribution in [0.3, 0.4) is 0 Å². The lowest BCUT2D eigenvalue weighted by Gasteiger charge is -2.31. The Morgan fingerprint density at radius 3 is 2.88 bits per heavy atom. The van der Waals surface area contributed by atoms with Gasteiger partial charge in [-0.2, -0.15) is 0 Å². The van der Waals surface area contributed by atoms with Crippen molar-refractivity contribution in [1.29, 1.82) is 0 Å². The summed E-state index contributed by atoms with van der Waals surface area (Å²) in [5.41, 5.74) is 7.02. The molecule has 1 atom stereocenters. The van der Waals surface area contributed by atoms with Crippen LogP contribution in [0.1, 0.15) is 11.6 Å². The minimum atomic E-state index is -1.05. The van der Waals surface area contributed by atoms with Crippen molar-refractivity contribution >= 4 is 11.7 Å². The quantitative estimate of drug-likeness (QED) is 0.769. The van der Waals surface area contributed by atoms with Crippen LogP contribution in [0.25, 0.3) is 0 Å². The highest BCUT2D eigenvalue weighted by atomic mass is 16.5. The van der Waals surface area contributed by atoms with Gasteiger partial charge in [-0.3, -0.25) is 9.78 Å². The largest absolute Gasteiger partial charge is 0.480 e. The fourth-order valence-electron chi connectivity index (χ4n) is 1.86. The van der Waals surface area contributed by atoms with Crippen LogP contribution in [-0.4, -0.2) is 42.4 Å². The first kappa shape index (κ1) is 11.8. The van der Waals surface area contributed by atoms with Crippen molar-refractivity contribution in [3.63, 3.8) is 0 Å². The fourth-order valence-corrected chi connectivity index (χ4v) is 1.86. The number of aromatic nitrogens is 1. The molecule has 2 rings (SSSR count). The van der Waals surface area contributed by atoms with Gasteiger partial charge < -0.3 is 20.5 Å². The summed E-state index contributed by atoms with van der Waals surface area (Å²) >= 11 is 0. The van der Waals surface area contributed by atoms with Crippen molar-refractivity contribution < 1.29 is 14.6 Å². The van der Waals surface area contributed by atoms with E-state index in [1.54, 1.807) is 12.3 Å². The number of pyridine rings is 1. The molecule has 6 heteroatoms. The van der Waals surface area contributed by atoms with Crippen LogP contribution in [-0.2, 0) is 9.53 Å². The standard InChI is InChI=1S/C11H15N3O3/c12-10(11(15)16)8-7-13-2-1-9(8)14-3-5-17-6-4-14/h1-2,7,10H,3-6,12H2,(H,15,16). The number of rotatable bonds is 3. The van der Waals surface area contributed by atoms with E-state index in [2.05, 4.69) is 9.88 Å². The predicted molar refractivity (Wildman–Crippen MR) is 61.8 cm³/mol. The lowest BCUT2D eigenvalue weighted by Crippen LogP contribution is -2.37. The molecule has 17 heavy (non-hydrogen) atoms. The number of nitrogens with zero attached hydrogens (tertiary/aromatic N) is 2. The minimum Gasteiger partial charge on any atom is -0.480 e. The number of aliphatic carboxylic acids is 1. The lowest BCUT2D eigenvalue weighted by atomic mass is 10.1. The number of anilines is 1. The number of nitrogens with two attached hydrogens (primary N) is 1.